The third-order valence-electron chi connectivity index (χ3n) is 4.27. The Morgan fingerprint density at radius 1 is 0.963 bits per heavy atom. The highest BCUT2D eigenvalue weighted by Crippen LogP contribution is 2.28. The molecule has 0 amide bonds. The van der Waals surface area contributed by atoms with Crippen LogP contribution in [0.3, 0.4) is 0 Å². The molecule has 2 aromatic heterocycles. The van der Waals surface area contributed by atoms with Crippen LogP contribution in [0.5, 0.6) is 11.5 Å². The minimum absolute atomic E-state index is 0.586. The lowest BCUT2D eigenvalue weighted by Crippen LogP contribution is -2.03. The van der Waals surface area contributed by atoms with Gasteiger partial charge in [-0.05, 0) is 29.8 Å². The predicted molar refractivity (Wildman–Crippen MR) is 104 cm³/mol. The van der Waals surface area contributed by atoms with Crippen LogP contribution in [0.1, 0.15) is 5.56 Å². The first kappa shape index (κ1) is 16.8. The number of hydrogen-bond donors (Lipinski definition) is 1. The van der Waals surface area contributed by atoms with E-state index in [1.807, 2.05) is 48.5 Å². The van der Waals surface area contributed by atoms with Crippen LogP contribution in [0.2, 0.25) is 0 Å². The van der Waals surface area contributed by atoms with Gasteiger partial charge >= 0.3 is 0 Å². The molecule has 0 radical (unpaired) electrons. The van der Waals surface area contributed by atoms with Gasteiger partial charge < -0.3 is 14.8 Å². The van der Waals surface area contributed by atoms with Crippen molar-refractivity contribution in [3.63, 3.8) is 0 Å². The van der Waals surface area contributed by atoms with E-state index >= 15 is 0 Å². The van der Waals surface area contributed by atoms with E-state index in [4.69, 9.17) is 9.47 Å². The first-order chi connectivity index (χ1) is 13.3. The minimum atomic E-state index is 0.586. The van der Waals surface area contributed by atoms with Crippen molar-refractivity contribution in [1.82, 2.24) is 19.7 Å². The van der Waals surface area contributed by atoms with E-state index in [1.54, 1.807) is 31.4 Å². The van der Waals surface area contributed by atoms with Crippen molar-refractivity contribution < 1.29 is 9.47 Å². The number of ether oxygens (including phenoxy) is 2. The van der Waals surface area contributed by atoms with Crippen molar-refractivity contribution in [3.05, 3.63) is 66.6 Å². The number of nitrogens with one attached hydrogen (secondary N) is 1. The lowest BCUT2D eigenvalue weighted by molar-refractivity contribution is 0.354. The number of para-hydroxylation sites is 1. The summed E-state index contributed by atoms with van der Waals surface area (Å²) in [5.74, 6) is 2.13. The van der Waals surface area contributed by atoms with Crippen LogP contribution < -0.4 is 14.8 Å². The van der Waals surface area contributed by atoms with Crippen molar-refractivity contribution in [1.29, 1.82) is 0 Å². The van der Waals surface area contributed by atoms with Gasteiger partial charge in [-0.3, -0.25) is 0 Å². The molecule has 0 aliphatic heterocycles. The molecule has 0 bridgehead atoms. The average molecular weight is 361 g/mol. The van der Waals surface area contributed by atoms with Crippen LogP contribution in [-0.4, -0.2) is 34.0 Å². The van der Waals surface area contributed by atoms with Crippen LogP contribution in [0, 0.1) is 0 Å². The molecule has 0 unspecified atom stereocenters. The molecule has 4 rings (SSSR count). The Kier molecular flexibility index (Phi) is 4.57. The average Bonchev–Trinajstić information content (AvgIpc) is 3.17. The number of fused-ring (bicyclic) bond motifs is 1. The molecule has 0 spiro atoms. The lowest BCUT2D eigenvalue weighted by atomic mass is 10.2. The van der Waals surface area contributed by atoms with E-state index in [1.165, 1.54) is 0 Å². The summed E-state index contributed by atoms with van der Waals surface area (Å²) in [5, 5.41) is 8.69. The quantitative estimate of drug-likeness (QED) is 0.567. The SMILES string of the molecule is COc1ccc(CNc2ncnc3c2cnn3-c2ccccc2)cc1OC. The Labute approximate surface area is 156 Å². The summed E-state index contributed by atoms with van der Waals surface area (Å²) in [7, 11) is 3.25. The van der Waals surface area contributed by atoms with Gasteiger partial charge in [0, 0.05) is 6.54 Å². The van der Waals surface area contributed by atoms with E-state index < -0.39 is 0 Å². The second kappa shape index (κ2) is 7.33. The fourth-order valence-corrected chi connectivity index (χ4v) is 2.92. The maximum atomic E-state index is 5.36. The number of anilines is 1. The summed E-state index contributed by atoms with van der Waals surface area (Å²) in [5.41, 5.74) is 2.76. The van der Waals surface area contributed by atoms with E-state index in [9.17, 15) is 0 Å². The normalized spacial score (nSPS) is 10.7. The molecular weight excluding hydrogens is 342 g/mol. The van der Waals surface area contributed by atoms with Gasteiger partial charge in [0.05, 0.1) is 31.5 Å². The highest BCUT2D eigenvalue weighted by atomic mass is 16.5. The van der Waals surface area contributed by atoms with E-state index in [-0.39, 0.29) is 0 Å². The van der Waals surface area contributed by atoms with Gasteiger partial charge in [-0.15, -0.1) is 0 Å². The molecule has 2 aromatic carbocycles. The molecule has 0 aliphatic carbocycles. The Hall–Kier alpha value is -3.61. The zero-order chi connectivity index (χ0) is 18.6. The summed E-state index contributed by atoms with van der Waals surface area (Å²) in [6.07, 6.45) is 3.32. The highest BCUT2D eigenvalue weighted by molar-refractivity contribution is 5.87. The number of nitrogens with zero attached hydrogens (tertiary/aromatic N) is 4. The van der Waals surface area contributed by atoms with Crippen molar-refractivity contribution in [3.8, 4) is 17.2 Å². The molecule has 0 saturated heterocycles. The number of rotatable bonds is 6. The van der Waals surface area contributed by atoms with Gasteiger partial charge in [0.1, 0.15) is 12.1 Å². The Balaban J connectivity index is 1.61. The topological polar surface area (TPSA) is 74.1 Å². The van der Waals surface area contributed by atoms with Crippen molar-refractivity contribution >= 4 is 16.9 Å². The number of methoxy groups -OCH3 is 2. The molecule has 7 heteroatoms. The molecule has 2 heterocycles. The van der Waals surface area contributed by atoms with Gasteiger partial charge in [-0.2, -0.15) is 5.10 Å². The van der Waals surface area contributed by atoms with Crippen molar-refractivity contribution in [2.45, 2.75) is 6.54 Å². The zero-order valence-corrected chi connectivity index (χ0v) is 15.1. The third-order valence-corrected chi connectivity index (χ3v) is 4.27. The van der Waals surface area contributed by atoms with Gasteiger partial charge in [0.15, 0.2) is 17.1 Å². The molecule has 0 saturated carbocycles. The number of aromatic nitrogens is 4. The summed E-state index contributed by atoms with van der Waals surface area (Å²) in [6.45, 7) is 0.586. The number of benzene rings is 2. The van der Waals surface area contributed by atoms with Crippen molar-refractivity contribution in [2.75, 3.05) is 19.5 Å². The smallest absolute Gasteiger partial charge is 0.168 e. The largest absolute Gasteiger partial charge is 0.493 e. The van der Waals surface area contributed by atoms with E-state index in [0.717, 1.165) is 28.1 Å². The third kappa shape index (κ3) is 3.27. The Morgan fingerprint density at radius 2 is 1.78 bits per heavy atom. The van der Waals surface area contributed by atoms with Crippen LogP contribution in [-0.2, 0) is 6.54 Å². The lowest BCUT2D eigenvalue weighted by Gasteiger charge is -2.11. The maximum Gasteiger partial charge on any atom is 0.168 e. The van der Waals surface area contributed by atoms with E-state index in [2.05, 4.69) is 20.4 Å². The fourth-order valence-electron chi connectivity index (χ4n) is 2.92. The van der Waals surface area contributed by atoms with Gasteiger partial charge in [0.25, 0.3) is 0 Å². The summed E-state index contributed by atoms with van der Waals surface area (Å²) >= 11 is 0. The molecule has 0 atom stereocenters. The molecule has 136 valence electrons. The van der Waals surface area contributed by atoms with Gasteiger partial charge in [-0.25, -0.2) is 14.6 Å². The summed E-state index contributed by atoms with van der Waals surface area (Å²) in [6, 6.07) is 15.7. The first-order valence-electron chi connectivity index (χ1n) is 8.49. The van der Waals surface area contributed by atoms with Crippen LogP contribution in [0.25, 0.3) is 16.7 Å². The fraction of sp³-hybridized carbons (Fsp3) is 0.150. The monoisotopic (exact) mass is 361 g/mol. The minimum Gasteiger partial charge on any atom is -0.493 e. The molecular formula is C20H19N5O2. The predicted octanol–water partition coefficient (Wildman–Crippen LogP) is 3.44. The highest BCUT2D eigenvalue weighted by Gasteiger charge is 2.11. The molecule has 27 heavy (non-hydrogen) atoms. The number of hydrogen-bond acceptors (Lipinski definition) is 6. The molecule has 1 N–H and O–H groups in total. The van der Waals surface area contributed by atoms with E-state index in [0.29, 0.717) is 18.0 Å². The molecule has 7 nitrogen and oxygen atoms in total. The van der Waals surface area contributed by atoms with Gasteiger partial charge in [0.2, 0.25) is 0 Å². The second-order valence-corrected chi connectivity index (χ2v) is 5.89. The maximum absolute atomic E-state index is 5.36. The standard InChI is InChI=1S/C20H19N5O2/c1-26-17-9-8-14(10-18(17)27-2)11-21-19-16-12-24-25(20(16)23-13-22-19)15-6-4-3-5-7-15/h3-10,12-13H,11H2,1-2H3,(H,21,22,23). The molecule has 0 aliphatic rings. The first-order valence-corrected chi connectivity index (χ1v) is 8.49. The molecule has 4 aromatic rings. The molecule has 0 fully saturated rings. The Morgan fingerprint density at radius 3 is 2.56 bits per heavy atom. The summed E-state index contributed by atoms with van der Waals surface area (Å²) < 4.78 is 12.4. The van der Waals surface area contributed by atoms with Crippen LogP contribution >= 0.6 is 0 Å². The van der Waals surface area contributed by atoms with Crippen LogP contribution in [0.15, 0.2) is 61.1 Å². The van der Waals surface area contributed by atoms with Crippen LogP contribution in [0.4, 0.5) is 5.82 Å². The zero-order valence-electron chi connectivity index (χ0n) is 15.1. The summed E-state index contributed by atoms with van der Waals surface area (Å²) in [4.78, 5) is 8.77. The Bertz CT molecular complexity index is 1060. The van der Waals surface area contributed by atoms with Gasteiger partial charge in [-0.1, -0.05) is 24.3 Å². The van der Waals surface area contributed by atoms with Crippen molar-refractivity contribution in [2.24, 2.45) is 0 Å². The second-order valence-electron chi connectivity index (χ2n) is 5.89.